The van der Waals surface area contributed by atoms with Gasteiger partial charge in [0.05, 0.1) is 40.5 Å². The largest absolute Gasteiger partial charge is 0.494 e. The second-order valence-corrected chi connectivity index (χ2v) is 12.2. The third-order valence-electron chi connectivity index (χ3n) is 8.32. The van der Waals surface area contributed by atoms with Crippen molar-refractivity contribution in [2.45, 2.75) is 91.1 Å². The van der Waals surface area contributed by atoms with E-state index < -0.39 is 10.9 Å². The molecule has 0 unspecified atom stereocenters. The summed E-state index contributed by atoms with van der Waals surface area (Å²) in [5.41, 5.74) is 9.69. The molecule has 4 rings (SSSR count). The standard InChI is InChI=1S/C40H48N2O6/c1-4-6-8-9-10-12-26-46-34-22-18-30(19-23-34)31-20-24-35(25-21-31)48-40(43)33-16-14-32(15-17-33)36-27-37(41)39(28-38(36)42(44)45)47-29(3)13-11-7-5-2/h14-25,27-29H,4-13,26,41H2,1-3H3/t29-/m1/s1. The van der Waals surface area contributed by atoms with E-state index in [0.29, 0.717) is 33.9 Å². The van der Waals surface area contributed by atoms with E-state index >= 15 is 0 Å². The molecule has 4 aromatic carbocycles. The minimum Gasteiger partial charge on any atom is -0.494 e. The highest BCUT2D eigenvalue weighted by Crippen LogP contribution is 2.38. The van der Waals surface area contributed by atoms with E-state index in [1.165, 1.54) is 38.2 Å². The number of hydrogen-bond donors (Lipinski definition) is 1. The average Bonchev–Trinajstić information content (AvgIpc) is 3.09. The summed E-state index contributed by atoms with van der Waals surface area (Å²) in [4.78, 5) is 24.4. The van der Waals surface area contributed by atoms with Crippen molar-refractivity contribution in [3.8, 4) is 39.5 Å². The minimum absolute atomic E-state index is 0.114. The Bertz CT molecular complexity index is 1600. The molecule has 0 aliphatic rings. The van der Waals surface area contributed by atoms with Crippen molar-refractivity contribution in [1.29, 1.82) is 0 Å². The van der Waals surface area contributed by atoms with Crippen molar-refractivity contribution in [1.82, 2.24) is 0 Å². The molecule has 0 aliphatic carbocycles. The number of rotatable bonds is 19. The van der Waals surface area contributed by atoms with Crippen LogP contribution >= 0.6 is 0 Å². The summed E-state index contributed by atoms with van der Waals surface area (Å²) in [7, 11) is 0. The van der Waals surface area contributed by atoms with Crippen LogP contribution in [0.25, 0.3) is 22.3 Å². The predicted molar refractivity (Wildman–Crippen MR) is 193 cm³/mol. The predicted octanol–water partition coefficient (Wildman–Crippen LogP) is 10.8. The van der Waals surface area contributed by atoms with E-state index in [2.05, 4.69) is 13.8 Å². The maximum atomic E-state index is 12.9. The summed E-state index contributed by atoms with van der Waals surface area (Å²) < 4.78 is 17.5. The molecule has 0 fully saturated rings. The summed E-state index contributed by atoms with van der Waals surface area (Å²) in [5.74, 6) is 1.03. The van der Waals surface area contributed by atoms with Crippen LogP contribution in [-0.2, 0) is 0 Å². The summed E-state index contributed by atoms with van der Waals surface area (Å²) in [6.07, 6.45) is 11.3. The van der Waals surface area contributed by atoms with Crippen molar-refractivity contribution in [2.24, 2.45) is 0 Å². The first kappa shape index (κ1) is 36.0. The number of ether oxygens (including phenoxy) is 3. The molecule has 0 saturated carbocycles. The van der Waals surface area contributed by atoms with Crippen molar-refractivity contribution < 1.29 is 23.9 Å². The normalized spacial score (nSPS) is 11.6. The molecule has 4 aromatic rings. The Morgan fingerprint density at radius 3 is 1.94 bits per heavy atom. The molecule has 0 saturated heterocycles. The Balaban J connectivity index is 1.34. The number of nitro benzene ring substituents is 1. The SMILES string of the molecule is CCCCCCCCOc1ccc(-c2ccc(OC(=O)c3ccc(-c4cc(N)c(O[C@H](C)CCCCC)cc4[N+](=O)[O-])cc3)cc2)cc1. The number of carbonyl (C=O) groups is 1. The smallest absolute Gasteiger partial charge is 0.343 e. The average molecular weight is 653 g/mol. The van der Waals surface area contributed by atoms with Gasteiger partial charge in [-0.1, -0.05) is 95.2 Å². The van der Waals surface area contributed by atoms with E-state index in [1.54, 1.807) is 42.5 Å². The summed E-state index contributed by atoms with van der Waals surface area (Å²) >= 11 is 0. The molecular weight excluding hydrogens is 604 g/mol. The van der Waals surface area contributed by atoms with Crippen molar-refractivity contribution >= 4 is 17.3 Å². The number of nitrogens with zero attached hydrogens (tertiary/aromatic N) is 1. The summed E-state index contributed by atoms with van der Waals surface area (Å²) in [5, 5.41) is 12.0. The van der Waals surface area contributed by atoms with Crippen LogP contribution in [0.3, 0.4) is 0 Å². The van der Waals surface area contributed by atoms with Gasteiger partial charge in [-0.3, -0.25) is 10.1 Å². The highest BCUT2D eigenvalue weighted by atomic mass is 16.6. The zero-order chi connectivity index (χ0) is 34.3. The number of carbonyl (C=O) groups excluding carboxylic acids is 1. The van der Waals surface area contributed by atoms with Crippen LogP contribution in [0, 0.1) is 10.1 Å². The van der Waals surface area contributed by atoms with Gasteiger partial charge in [-0.05, 0) is 85.3 Å². The van der Waals surface area contributed by atoms with E-state index in [-0.39, 0.29) is 11.8 Å². The second-order valence-electron chi connectivity index (χ2n) is 12.2. The van der Waals surface area contributed by atoms with Crippen molar-refractivity contribution in [3.05, 3.63) is 101 Å². The third kappa shape index (κ3) is 10.6. The molecule has 8 nitrogen and oxygen atoms in total. The fourth-order valence-electron chi connectivity index (χ4n) is 5.51. The first-order valence-corrected chi connectivity index (χ1v) is 17.2. The van der Waals surface area contributed by atoms with Crippen LogP contribution in [0.5, 0.6) is 17.2 Å². The molecule has 0 heterocycles. The molecule has 2 N–H and O–H groups in total. The molecule has 8 heteroatoms. The number of nitrogens with two attached hydrogens (primary N) is 1. The van der Waals surface area contributed by atoms with Crippen LogP contribution in [-0.4, -0.2) is 23.6 Å². The lowest BCUT2D eigenvalue weighted by Crippen LogP contribution is -2.13. The van der Waals surface area contributed by atoms with Crippen LogP contribution in [0.15, 0.2) is 84.9 Å². The Kier molecular flexibility index (Phi) is 13.9. The van der Waals surface area contributed by atoms with Gasteiger partial charge in [0.25, 0.3) is 5.69 Å². The van der Waals surface area contributed by atoms with Gasteiger partial charge in [-0.2, -0.15) is 0 Å². The molecule has 0 spiro atoms. The van der Waals surface area contributed by atoms with Crippen LogP contribution in [0.4, 0.5) is 11.4 Å². The summed E-state index contributed by atoms with van der Waals surface area (Å²) in [6.45, 7) is 7.02. The number of esters is 1. The lowest BCUT2D eigenvalue weighted by atomic mass is 10.0. The number of nitrogen functional groups attached to an aromatic ring is 1. The molecule has 0 aliphatic heterocycles. The number of benzene rings is 4. The number of hydrogen-bond acceptors (Lipinski definition) is 7. The Labute approximate surface area is 284 Å². The fraction of sp³-hybridized carbons (Fsp3) is 0.375. The fourth-order valence-corrected chi connectivity index (χ4v) is 5.51. The zero-order valence-electron chi connectivity index (χ0n) is 28.4. The third-order valence-corrected chi connectivity index (χ3v) is 8.32. The Morgan fingerprint density at radius 1 is 0.750 bits per heavy atom. The van der Waals surface area contributed by atoms with Crippen LogP contribution < -0.4 is 19.9 Å². The summed E-state index contributed by atoms with van der Waals surface area (Å²) in [6, 6.07) is 24.7. The maximum absolute atomic E-state index is 12.9. The molecular formula is C40H48N2O6. The van der Waals surface area contributed by atoms with Gasteiger partial charge in [0.15, 0.2) is 0 Å². The first-order valence-electron chi connectivity index (χ1n) is 17.2. The van der Waals surface area contributed by atoms with Gasteiger partial charge in [-0.15, -0.1) is 0 Å². The Hall–Kier alpha value is -4.85. The number of unbranched alkanes of at least 4 members (excludes halogenated alkanes) is 7. The van der Waals surface area contributed by atoms with E-state index in [9.17, 15) is 14.9 Å². The minimum atomic E-state index is -0.531. The molecule has 0 aromatic heterocycles. The lowest BCUT2D eigenvalue weighted by molar-refractivity contribution is -0.384. The monoisotopic (exact) mass is 652 g/mol. The highest BCUT2D eigenvalue weighted by Gasteiger charge is 2.21. The number of anilines is 1. The molecule has 0 radical (unpaired) electrons. The number of nitro groups is 1. The zero-order valence-corrected chi connectivity index (χ0v) is 28.4. The Morgan fingerprint density at radius 2 is 1.31 bits per heavy atom. The van der Waals surface area contributed by atoms with Crippen LogP contribution in [0.2, 0.25) is 0 Å². The molecule has 1 atom stereocenters. The lowest BCUT2D eigenvalue weighted by Gasteiger charge is -2.17. The second kappa shape index (κ2) is 18.5. The van der Waals surface area contributed by atoms with E-state index in [0.717, 1.165) is 55.6 Å². The highest BCUT2D eigenvalue weighted by molar-refractivity contribution is 5.92. The van der Waals surface area contributed by atoms with Gasteiger partial charge >= 0.3 is 5.97 Å². The van der Waals surface area contributed by atoms with Crippen molar-refractivity contribution in [2.75, 3.05) is 12.3 Å². The quantitative estimate of drug-likeness (QED) is 0.0268. The molecule has 0 amide bonds. The van der Waals surface area contributed by atoms with Gasteiger partial charge in [0, 0.05) is 0 Å². The van der Waals surface area contributed by atoms with Gasteiger partial charge in [-0.25, -0.2) is 4.79 Å². The molecule has 48 heavy (non-hydrogen) atoms. The first-order chi connectivity index (χ1) is 23.3. The van der Waals surface area contributed by atoms with Crippen molar-refractivity contribution in [3.63, 3.8) is 0 Å². The van der Waals surface area contributed by atoms with E-state index in [1.807, 2.05) is 43.3 Å². The maximum Gasteiger partial charge on any atom is 0.343 e. The van der Waals surface area contributed by atoms with Gasteiger partial charge < -0.3 is 19.9 Å². The molecule has 254 valence electrons. The van der Waals surface area contributed by atoms with Gasteiger partial charge in [0.1, 0.15) is 17.2 Å². The molecule has 0 bridgehead atoms. The van der Waals surface area contributed by atoms with Crippen LogP contribution in [0.1, 0.15) is 95.3 Å². The van der Waals surface area contributed by atoms with Gasteiger partial charge in [0.2, 0.25) is 0 Å². The van der Waals surface area contributed by atoms with E-state index in [4.69, 9.17) is 19.9 Å². The topological polar surface area (TPSA) is 114 Å².